The molecular formula is C10H11Cl2N. The van der Waals surface area contributed by atoms with Crippen molar-refractivity contribution in [2.45, 2.75) is 13.0 Å². The van der Waals surface area contributed by atoms with E-state index in [9.17, 15) is 0 Å². The van der Waals surface area contributed by atoms with Crippen LogP contribution in [0.1, 0.15) is 12.5 Å². The van der Waals surface area contributed by atoms with Crippen LogP contribution in [0.5, 0.6) is 0 Å². The van der Waals surface area contributed by atoms with Crippen molar-refractivity contribution in [3.8, 4) is 0 Å². The van der Waals surface area contributed by atoms with E-state index < -0.39 is 0 Å². The average molecular weight is 216 g/mol. The minimum absolute atomic E-state index is 0.0642. The number of alkyl halides is 1. The lowest BCUT2D eigenvalue weighted by Gasteiger charge is -2.02. The first-order chi connectivity index (χ1) is 6.24. The van der Waals surface area contributed by atoms with E-state index in [2.05, 4.69) is 4.99 Å². The van der Waals surface area contributed by atoms with E-state index in [1.54, 1.807) is 0 Å². The third-order valence-corrected chi connectivity index (χ3v) is 2.33. The van der Waals surface area contributed by atoms with E-state index in [4.69, 9.17) is 23.2 Å². The summed E-state index contributed by atoms with van der Waals surface area (Å²) in [6.07, 6.45) is 0. The van der Waals surface area contributed by atoms with Crippen LogP contribution in [0.15, 0.2) is 35.3 Å². The summed E-state index contributed by atoms with van der Waals surface area (Å²) in [6, 6.07) is 9.71. The molecule has 1 aromatic carbocycles. The molecule has 0 fully saturated rings. The number of nitrogens with zero attached hydrogens (tertiary/aromatic N) is 1. The molecule has 0 aromatic heterocycles. The van der Waals surface area contributed by atoms with E-state index in [1.807, 2.05) is 37.3 Å². The Hall–Kier alpha value is -0.530. The van der Waals surface area contributed by atoms with Crippen LogP contribution in [-0.4, -0.2) is 17.1 Å². The standard InChI is InChI=1S/C10H11Cl2N/c1-8(7-11)13-10(12)9-5-3-2-4-6-9/h2-6,8H,7H2,1H3. The molecule has 0 aliphatic carbocycles. The van der Waals surface area contributed by atoms with Gasteiger partial charge in [0.2, 0.25) is 0 Å². The van der Waals surface area contributed by atoms with Crippen molar-refractivity contribution in [3.05, 3.63) is 35.9 Å². The molecule has 0 saturated carbocycles. The van der Waals surface area contributed by atoms with Gasteiger partial charge in [-0.05, 0) is 6.92 Å². The quantitative estimate of drug-likeness (QED) is 0.543. The molecule has 0 heterocycles. The highest BCUT2D eigenvalue weighted by molar-refractivity contribution is 6.69. The molecule has 0 N–H and O–H groups in total. The van der Waals surface area contributed by atoms with Gasteiger partial charge in [0.1, 0.15) is 5.17 Å². The fraction of sp³-hybridized carbons (Fsp3) is 0.300. The van der Waals surface area contributed by atoms with Gasteiger partial charge in [-0.2, -0.15) is 0 Å². The number of hydrogen-bond acceptors (Lipinski definition) is 1. The summed E-state index contributed by atoms with van der Waals surface area (Å²) >= 11 is 11.6. The molecule has 1 unspecified atom stereocenters. The van der Waals surface area contributed by atoms with Crippen LogP contribution in [0.4, 0.5) is 0 Å². The Morgan fingerprint density at radius 1 is 1.38 bits per heavy atom. The van der Waals surface area contributed by atoms with E-state index >= 15 is 0 Å². The van der Waals surface area contributed by atoms with E-state index in [1.165, 1.54) is 0 Å². The normalized spacial score (nSPS) is 14.2. The highest BCUT2D eigenvalue weighted by Crippen LogP contribution is 2.07. The summed E-state index contributed by atoms with van der Waals surface area (Å²) in [4.78, 5) is 4.22. The molecule has 13 heavy (non-hydrogen) atoms. The summed E-state index contributed by atoms with van der Waals surface area (Å²) in [6.45, 7) is 1.93. The summed E-state index contributed by atoms with van der Waals surface area (Å²) in [7, 11) is 0. The van der Waals surface area contributed by atoms with Gasteiger partial charge in [0.25, 0.3) is 0 Å². The van der Waals surface area contributed by atoms with Gasteiger partial charge in [-0.3, -0.25) is 4.99 Å². The Balaban J connectivity index is 2.79. The van der Waals surface area contributed by atoms with Crippen LogP contribution in [0.3, 0.4) is 0 Å². The van der Waals surface area contributed by atoms with Gasteiger partial charge in [0.15, 0.2) is 0 Å². The van der Waals surface area contributed by atoms with E-state index in [0.717, 1.165) is 5.56 Å². The number of aliphatic imine (C=N–C) groups is 1. The molecular weight excluding hydrogens is 205 g/mol. The van der Waals surface area contributed by atoms with E-state index in [0.29, 0.717) is 11.1 Å². The van der Waals surface area contributed by atoms with Crippen LogP contribution in [-0.2, 0) is 0 Å². The molecule has 0 bridgehead atoms. The lowest BCUT2D eigenvalue weighted by atomic mass is 10.2. The number of benzene rings is 1. The first-order valence-corrected chi connectivity index (χ1v) is 5.00. The van der Waals surface area contributed by atoms with Crippen molar-refractivity contribution < 1.29 is 0 Å². The molecule has 1 rings (SSSR count). The van der Waals surface area contributed by atoms with Crippen molar-refractivity contribution in [2.24, 2.45) is 4.99 Å². The smallest absolute Gasteiger partial charge is 0.131 e. The highest BCUT2D eigenvalue weighted by atomic mass is 35.5. The molecule has 1 nitrogen and oxygen atoms in total. The SMILES string of the molecule is CC(CCl)N=C(Cl)c1ccccc1. The monoisotopic (exact) mass is 215 g/mol. The highest BCUT2D eigenvalue weighted by Gasteiger charge is 2.01. The Morgan fingerprint density at radius 2 is 2.00 bits per heavy atom. The lowest BCUT2D eigenvalue weighted by molar-refractivity contribution is 0.847. The molecule has 0 saturated heterocycles. The summed E-state index contributed by atoms with van der Waals surface area (Å²) in [5.74, 6) is 0.489. The average Bonchev–Trinajstić information content (AvgIpc) is 2.19. The molecule has 0 aliphatic rings. The minimum Gasteiger partial charge on any atom is -0.268 e. The molecule has 70 valence electrons. The fourth-order valence-corrected chi connectivity index (χ4v) is 1.24. The molecule has 0 spiro atoms. The van der Waals surface area contributed by atoms with Crippen LogP contribution < -0.4 is 0 Å². The molecule has 0 amide bonds. The van der Waals surface area contributed by atoms with Gasteiger partial charge in [-0.25, -0.2) is 0 Å². The third-order valence-electron chi connectivity index (χ3n) is 1.57. The number of rotatable bonds is 3. The van der Waals surface area contributed by atoms with Gasteiger partial charge < -0.3 is 0 Å². The fourth-order valence-electron chi connectivity index (χ4n) is 0.878. The maximum Gasteiger partial charge on any atom is 0.131 e. The second-order valence-electron chi connectivity index (χ2n) is 2.79. The molecule has 1 atom stereocenters. The zero-order chi connectivity index (χ0) is 9.68. The van der Waals surface area contributed by atoms with Crippen molar-refractivity contribution in [2.75, 3.05) is 5.88 Å². The van der Waals surface area contributed by atoms with Gasteiger partial charge in [-0.1, -0.05) is 41.9 Å². The number of hydrogen-bond donors (Lipinski definition) is 0. The Labute approximate surface area is 88.4 Å². The van der Waals surface area contributed by atoms with Crippen molar-refractivity contribution in [1.82, 2.24) is 0 Å². The van der Waals surface area contributed by atoms with Crippen molar-refractivity contribution in [1.29, 1.82) is 0 Å². The van der Waals surface area contributed by atoms with Gasteiger partial charge in [-0.15, -0.1) is 11.6 Å². The molecule has 3 heteroatoms. The Morgan fingerprint density at radius 3 is 2.54 bits per heavy atom. The van der Waals surface area contributed by atoms with Crippen molar-refractivity contribution >= 4 is 28.4 Å². The van der Waals surface area contributed by atoms with Crippen LogP contribution >= 0.6 is 23.2 Å². The van der Waals surface area contributed by atoms with Crippen LogP contribution in [0.25, 0.3) is 0 Å². The Kier molecular flexibility index (Phi) is 4.26. The van der Waals surface area contributed by atoms with Gasteiger partial charge >= 0.3 is 0 Å². The van der Waals surface area contributed by atoms with E-state index in [-0.39, 0.29) is 6.04 Å². The predicted octanol–water partition coefficient (Wildman–Crippen LogP) is 3.30. The zero-order valence-corrected chi connectivity index (χ0v) is 8.89. The molecule has 1 aromatic rings. The number of halogens is 2. The largest absolute Gasteiger partial charge is 0.268 e. The maximum atomic E-state index is 5.97. The summed E-state index contributed by atoms with van der Waals surface area (Å²) < 4.78 is 0. The first kappa shape index (κ1) is 10.6. The molecule has 0 radical (unpaired) electrons. The first-order valence-electron chi connectivity index (χ1n) is 4.08. The summed E-state index contributed by atoms with van der Waals surface area (Å²) in [5, 5.41) is 0.522. The topological polar surface area (TPSA) is 12.4 Å². The van der Waals surface area contributed by atoms with Crippen LogP contribution in [0.2, 0.25) is 0 Å². The second-order valence-corrected chi connectivity index (χ2v) is 3.46. The summed E-state index contributed by atoms with van der Waals surface area (Å²) in [5.41, 5.74) is 0.932. The van der Waals surface area contributed by atoms with Crippen LogP contribution in [0, 0.1) is 0 Å². The zero-order valence-electron chi connectivity index (χ0n) is 7.37. The third kappa shape index (κ3) is 3.37. The van der Waals surface area contributed by atoms with Gasteiger partial charge in [0.05, 0.1) is 6.04 Å². The van der Waals surface area contributed by atoms with Crippen molar-refractivity contribution in [3.63, 3.8) is 0 Å². The Bertz CT molecular complexity index is 282. The lowest BCUT2D eigenvalue weighted by Crippen LogP contribution is -2.03. The maximum absolute atomic E-state index is 5.97. The second kappa shape index (κ2) is 5.25. The predicted molar refractivity (Wildman–Crippen MR) is 59.0 cm³/mol. The van der Waals surface area contributed by atoms with Gasteiger partial charge in [0, 0.05) is 11.4 Å². The minimum atomic E-state index is 0.0642. The molecule has 0 aliphatic heterocycles.